The lowest BCUT2D eigenvalue weighted by Crippen LogP contribution is -2.34. The fourth-order valence-corrected chi connectivity index (χ4v) is 4.59. The summed E-state index contributed by atoms with van der Waals surface area (Å²) in [6, 6.07) is 14.2. The zero-order valence-electron chi connectivity index (χ0n) is 16.9. The van der Waals surface area contributed by atoms with Gasteiger partial charge in [0.25, 0.3) is 5.91 Å². The number of hydrogen-bond acceptors (Lipinski definition) is 4. The van der Waals surface area contributed by atoms with Crippen LogP contribution in [0.4, 0.5) is 0 Å². The first-order valence-corrected chi connectivity index (χ1v) is 11.2. The maximum atomic E-state index is 13.0. The Hall–Kier alpha value is -2.44. The van der Waals surface area contributed by atoms with Crippen molar-refractivity contribution < 1.29 is 4.79 Å². The van der Waals surface area contributed by atoms with Gasteiger partial charge in [0.15, 0.2) is 0 Å². The standard InChI is InChI=1S/C23H28N4OS/c1-18(15-26-11-5-6-12-26)14-24-23(28)20-17-27(16-19-8-3-2-4-9-19)25-22(20)21-10-7-13-29-21/h2-4,7-10,13,17-18H,5-6,11-12,14-16H2,1H3,(H,24,28). The third kappa shape index (κ3) is 5.14. The Balaban J connectivity index is 1.46. The van der Waals surface area contributed by atoms with Crippen LogP contribution in [-0.2, 0) is 6.54 Å². The van der Waals surface area contributed by atoms with Crippen LogP contribution in [0, 0.1) is 5.92 Å². The molecule has 29 heavy (non-hydrogen) atoms. The fraction of sp³-hybridized carbons (Fsp3) is 0.391. The van der Waals surface area contributed by atoms with Crippen LogP contribution >= 0.6 is 11.3 Å². The van der Waals surface area contributed by atoms with Crippen molar-refractivity contribution in [3.8, 4) is 10.6 Å². The number of likely N-dealkylation sites (tertiary alicyclic amines) is 1. The Morgan fingerprint density at radius 1 is 1.17 bits per heavy atom. The second-order valence-corrected chi connectivity index (χ2v) is 8.82. The quantitative estimate of drug-likeness (QED) is 0.610. The van der Waals surface area contributed by atoms with Crippen LogP contribution < -0.4 is 5.32 Å². The molecule has 0 spiro atoms. The molecule has 4 rings (SSSR count). The maximum absolute atomic E-state index is 13.0. The maximum Gasteiger partial charge on any atom is 0.255 e. The lowest BCUT2D eigenvalue weighted by atomic mass is 10.1. The Kier molecular flexibility index (Phi) is 6.42. The summed E-state index contributed by atoms with van der Waals surface area (Å²) in [5, 5.41) is 9.89. The highest BCUT2D eigenvalue weighted by molar-refractivity contribution is 7.13. The number of thiophene rings is 1. The van der Waals surface area contributed by atoms with Gasteiger partial charge in [-0.15, -0.1) is 11.3 Å². The molecule has 3 heterocycles. The molecule has 1 saturated heterocycles. The number of aromatic nitrogens is 2. The molecule has 1 atom stereocenters. The monoisotopic (exact) mass is 408 g/mol. The van der Waals surface area contributed by atoms with E-state index in [0.717, 1.165) is 17.1 Å². The molecule has 5 nitrogen and oxygen atoms in total. The van der Waals surface area contributed by atoms with Crippen molar-refractivity contribution in [2.45, 2.75) is 26.3 Å². The molecule has 1 aliphatic heterocycles. The van der Waals surface area contributed by atoms with E-state index < -0.39 is 0 Å². The number of nitrogens with zero attached hydrogens (tertiary/aromatic N) is 3. The second kappa shape index (κ2) is 9.37. The smallest absolute Gasteiger partial charge is 0.255 e. The first kappa shape index (κ1) is 19.9. The Morgan fingerprint density at radius 3 is 2.69 bits per heavy atom. The number of nitrogens with one attached hydrogen (secondary N) is 1. The van der Waals surface area contributed by atoms with Gasteiger partial charge in [-0.1, -0.05) is 43.3 Å². The van der Waals surface area contributed by atoms with E-state index in [1.54, 1.807) is 11.3 Å². The van der Waals surface area contributed by atoms with Crippen molar-refractivity contribution in [1.29, 1.82) is 0 Å². The second-order valence-electron chi connectivity index (χ2n) is 7.87. The topological polar surface area (TPSA) is 50.2 Å². The zero-order valence-corrected chi connectivity index (χ0v) is 17.7. The lowest BCUT2D eigenvalue weighted by Gasteiger charge is -2.20. The van der Waals surface area contributed by atoms with Crippen molar-refractivity contribution in [2.75, 3.05) is 26.2 Å². The van der Waals surface area contributed by atoms with Crippen molar-refractivity contribution in [1.82, 2.24) is 20.0 Å². The van der Waals surface area contributed by atoms with E-state index in [-0.39, 0.29) is 5.91 Å². The minimum Gasteiger partial charge on any atom is -0.352 e. The number of amides is 1. The molecule has 1 aliphatic rings. The third-order valence-corrected chi connectivity index (χ3v) is 6.20. The van der Waals surface area contributed by atoms with Crippen LogP contribution in [0.25, 0.3) is 10.6 Å². The van der Waals surface area contributed by atoms with Gasteiger partial charge in [-0.05, 0) is 48.9 Å². The average Bonchev–Trinajstić information content (AvgIpc) is 3.48. The van der Waals surface area contributed by atoms with Gasteiger partial charge in [-0.2, -0.15) is 5.10 Å². The average molecular weight is 409 g/mol. The van der Waals surface area contributed by atoms with Crippen LogP contribution in [0.2, 0.25) is 0 Å². The summed E-state index contributed by atoms with van der Waals surface area (Å²) < 4.78 is 1.87. The molecule has 1 unspecified atom stereocenters. The van der Waals surface area contributed by atoms with E-state index in [4.69, 9.17) is 5.10 Å². The van der Waals surface area contributed by atoms with Crippen molar-refractivity contribution >= 4 is 17.2 Å². The molecule has 0 radical (unpaired) electrons. The molecule has 2 aromatic heterocycles. The van der Waals surface area contributed by atoms with Crippen molar-refractivity contribution in [3.05, 3.63) is 65.2 Å². The van der Waals surface area contributed by atoms with Gasteiger partial charge < -0.3 is 10.2 Å². The summed E-state index contributed by atoms with van der Waals surface area (Å²) in [6.45, 7) is 6.96. The van der Waals surface area contributed by atoms with Gasteiger partial charge >= 0.3 is 0 Å². The minimum absolute atomic E-state index is 0.0408. The summed E-state index contributed by atoms with van der Waals surface area (Å²) in [5.41, 5.74) is 2.58. The van der Waals surface area contributed by atoms with Gasteiger partial charge in [0.1, 0.15) is 5.69 Å². The Morgan fingerprint density at radius 2 is 1.97 bits per heavy atom. The summed E-state index contributed by atoms with van der Waals surface area (Å²) in [7, 11) is 0. The number of carbonyl (C=O) groups is 1. The highest BCUT2D eigenvalue weighted by Crippen LogP contribution is 2.27. The summed E-state index contributed by atoms with van der Waals surface area (Å²) in [6.07, 6.45) is 4.47. The molecule has 6 heteroatoms. The first-order chi connectivity index (χ1) is 14.2. The summed E-state index contributed by atoms with van der Waals surface area (Å²) >= 11 is 1.61. The fourth-order valence-electron chi connectivity index (χ4n) is 3.87. The molecule has 152 valence electrons. The highest BCUT2D eigenvalue weighted by Gasteiger charge is 2.20. The van der Waals surface area contributed by atoms with Gasteiger partial charge in [0.05, 0.1) is 17.0 Å². The molecule has 1 N–H and O–H groups in total. The number of carbonyl (C=O) groups excluding carboxylic acids is 1. The van der Waals surface area contributed by atoms with Gasteiger partial charge in [0, 0.05) is 19.3 Å². The number of benzene rings is 1. The van der Waals surface area contributed by atoms with Crippen molar-refractivity contribution in [3.63, 3.8) is 0 Å². The lowest BCUT2D eigenvalue weighted by molar-refractivity contribution is 0.0945. The molecule has 0 bridgehead atoms. The molecule has 1 aromatic carbocycles. The number of hydrogen-bond donors (Lipinski definition) is 1. The zero-order chi connectivity index (χ0) is 20.1. The summed E-state index contributed by atoms with van der Waals surface area (Å²) in [5.74, 6) is 0.391. The van der Waals surface area contributed by atoms with Crippen LogP contribution in [-0.4, -0.2) is 46.8 Å². The largest absolute Gasteiger partial charge is 0.352 e. The van der Waals surface area contributed by atoms with Gasteiger partial charge in [-0.25, -0.2) is 0 Å². The van der Waals surface area contributed by atoms with Crippen LogP contribution in [0.15, 0.2) is 54.0 Å². The first-order valence-electron chi connectivity index (χ1n) is 10.3. The van der Waals surface area contributed by atoms with Crippen LogP contribution in [0.1, 0.15) is 35.7 Å². The van der Waals surface area contributed by atoms with Crippen LogP contribution in [0.3, 0.4) is 0 Å². The Labute approximate surface area is 176 Å². The predicted octanol–water partition coefficient (Wildman–Crippen LogP) is 4.12. The van der Waals surface area contributed by atoms with Gasteiger partial charge in [0.2, 0.25) is 0 Å². The van der Waals surface area contributed by atoms with E-state index in [1.165, 1.54) is 31.5 Å². The summed E-state index contributed by atoms with van der Waals surface area (Å²) in [4.78, 5) is 16.5. The predicted molar refractivity (Wildman–Crippen MR) is 118 cm³/mol. The third-order valence-electron chi connectivity index (χ3n) is 5.33. The van der Waals surface area contributed by atoms with E-state index in [9.17, 15) is 4.79 Å². The van der Waals surface area contributed by atoms with E-state index in [2.05, 4.69) is 29.3 Å². The SMILES string of the molecule is CC(CNC(=O)c1cn(Cc2ccccc2)nc1-c1cccs1)CN1CCCC1. The highest BCUT2D eigenvalue weighted by atomic mass is 32.1. The van der Waals surface area contributed by atoms with Crippen molar-refractivity contribution in [2.24, 2.45) is 5.92 Å². The van der Waals surface area contributed by atoms with Gasteiger partial charge in [-0.3, -0.25) is 9.48 Å². The molecule has 0 saturated carbocycles. The van der Waals surface area contributed by atoms with E-state index >= 15 is 0 Å². The number of rotatable bonds is 8. The molecule has 1 amide bonds. The molecular formula is C23H28N4OS. The Bertz CT molecular complexity index is 914. The van der Waals surface area contributed by atoms with E-state index in [1.807, 2.05) is 46.6 Å². The minimum atomic E-state index is -0.0408. The molecule has 1 fully saturated rings. The normalized spacial score (nSPS) is 15.5. The molecular weight excluding hydrogens is 380 g/mol. The molecule has 3 aromatic rings. The molecule has 0 aliphatic carbocycles. The van der Waals surface area contributed by atoms with Crippen LogP contribution in [0.5, 0.6) is 0 Å². The van der Waals surface area contributed by atoms with E-state index in [0.29, 0.717) is 24.6 Å².